The Kier molecular flexibility index (Phi) is 6.03. The Hall–Kier alpha value is -2.80. The molecule has 1 fully saturated rings. The van der Waals surface area contributed by atoms with Crippen LogP contribution in [0, 0.1) is 0 Å². The zero-order valence-electron chi connectivity index (χ0n) is 18.5. The maximum Gasteiger partial charge on any atom is 0.416 e. The summed E-state index contributed by atoms with van der Waals surface area (Å²) >= 11 is 0. The third kappa shape index (κ3) is 4.39. The number of anilines is 1. The van der Waals surface area contributed by atoms with Crippen LogP contribution < -0.4 is 4.90 Å². The maximum absolute atomic E-state index is 13.0. The highest BCUT2D eigenvalue weighted by Gasteiger charge is 2.31. The van der Waals surface area contributed by atoms with E-state index in [0.29, 0.717) is 19.1 Å². The number of carbonyl (C=O) groups is 1. The Balaban J connectivity index is 1.74. The molecule has 0 spiro atoms. The molecule has 170 valence electrons. The zero-order valence-corrected chi connectivity index (χ0v) is 18.5. The van der Waals surface area contributed by atoms with Gasteiger partial charge in [0.25, 0.3) is 0 Å². The van der Waals surface area contributed by atoms with Crippen molar-refractivity contribution >= 4 is 11.6 Å². The first-order valence-electron chi connectivity index (χ1n) is 10.8. The van der Waals surface area contributed by atoms with E-state index in [0.717, 1.165) is 60.4 Å². The van der Waals surface area contributed by atoms with Gasteiger partial charge in [-0.15, -0.1) is 0 Å². The number of amides is 1. The molecule has 0 bridgehead atoms. The van der Waals surface area contributed by atoms with Crippen LogP contribution in [-0.2, 0) is 23.9 Å². The van der Waals surface area contributed by atoms with Crippen molar-refractivity contribution in [3.05, 3.63) is 65.7 Å². The zero-order chi connectivity index (χ0) is 23.0. The van der Waals surface area contributed by atoms with Crippen LogP contribution in [0.5, 0.6) is 0 Å². The summed E-state index contributed by atoms with van der Waals surface area (Å²) in [5.74, 6) is -0.106. The minimum atomic E-state index is -4.36. The number of rotatable bonds is 4. The molecule has 0 aromatic heterocycles. The van der Waals surface area contributed by atoms with Crippen molar-refractivity contribution in [2.24, 2.45) is 0 Å². The predicted octanol–water partition coefficient (Wildman–Crippen LogP) is 4.58. The molecule has 0 radical (unpaired) electrons. The van der Waals surface area contributed by atoms with Gasteiger partial charge in [0, 0.05) is 37.9 Å². The van der Waals surface area contributed by atoms with Gasteiger partial charge in [-0.1, -0.05) is 18.7 Å². The fourth-order valence-corrected chi connectivity index (χ4v) is 4.68. The summed E-state index contributed by atoms with van der Waals surface area (Å²) in [5.41, 5.74) is 4.36. The van der Waals surface area contributed by atoms with Crippen molar-refractivity contribution in [2.45, 2.75) is 31.6 Å². The van der Waals surface area contributed by atoms with Gasteiger partial charge >= 0.3 is 6.18 Å². The van der Waals surface area contributed by atoms with Gasteiger partial charge in [0.05, 0.1) is 5.56 Å². The van der Waals surface area contributed by atoms with Gasteiger partial charge in [0.15, 0.2) is 0 Å². The SMILES string of the molecule is C=CC(=O)N1CCc2c(cc(-c3ccc(C(F)(F)F)cc3)cc2N2CCC(N(C)C)C2)C1. The van der Waals surface area contributed by atoms with Crippen molar-refractivity contribution in [2.75, 3.05) is 38.6 Å². The van der Waals surface area contributed by atoms with Crippen molar-refractivity contribution in [1.29, 1.82) is 0 Å². The molecule has 2 aliphatic rings. The Bertz CT molecular complexity index is 1010. The molecule has 0 N–H and O–H groups in total. The van der Waals surface area contributed by atoms with Crippen molar-refractivity contribution in [3.63, 3.8) is 0 Å². The van der Waals surface area contributed by atoms with E-state index in [1.165, 1.54) is 23.8 Å². The van der Waals surface area contributed by atoms with E-state index in [9.17, 15) is 18.0 Å². The van der Waals surface area contributed by atoms with Crippen LogP contribution in [0.25, 0.3) is 11.1 Å². The summed E-state index contributed by atoms with van der Waals surface area (Å²) in [5, 5.41) is 0. The first-order chi connectivity index (χ1) is 15.2. The van der Waals surface area contributed by atoms with Crippen LogP contribution in [0.3, 0.4) is 0 Å². The second kappa shape index (κ2) is 8.62. The maximum atomic E-state index is 13.0. The number of alkyl halides is 3. The van der Waals surface area contributed by atoms with Crippen LogP contribution in [-0.4, -0.2) is 55.5 Å². The number of benzene rings is 2. The number of fused-ring (bicyclic) bond motifs is 1. The van der Waals surface area contributed by atoms with E-state index in [2.05, 4.69) is 36.5 Å². The molecule has 1 unspecified atom stereocenters. The highest BCUT2D eigenvalue weighted by Crippen LogP contribution is 2.37. The van der Waals surface area contributed by atoms with E-state index in [1.807, 2.05) is 6.07 Å². The van der Waals surface area contributed by atoms with Crippen LogP contribution in [0.2, 0.25) is 0 Å². The smallest absolute Gasteiger partial charge is 0.370 e. The van der Waals surface area contributed by atoms with Crippen molar-refractivity contribution < 1.29 is 18.0 Å². The first kappa shape index (κ1) is 22.4. The molecule has 32 heavy (non-hydrogen) atoms. The Labute approximate surface area is 186 Å². The summed E-state index contributed by atoms with van der Waals surface area (Å²) in [7, 11) is 4.17. The molecule has 7 heteroatoms. The van der Waals surface area contributed by atoms with E-state index in [1.54, 1.807) is 4.90 Å². The summed E-state index contributed by atoms with van der Waals surface area (Å²) in [6.45, 7) is 6.55. The molecule has 2 heterocycles. The Morgan fingerprint density at radius 1 is 1.12 bits per heavy atom. The molecule has 4 rings (SSSR count). The lowest BCUT2D eigenvalue weighted by Gasteiger charge is -2.33. The normalized spacial score (nSPS) is 18.8. The van der Waals surface area contributed by atoms with Crippen LogP contribution in [0.1, 0.15) is 23.1 Å². The predicted molar refractivity (Wildman–Crippen MR) is 121 cm³/mol. The average molecular weight is 444 g/mol. The van der Waals surface area contributed by atoms with E-state index < -0.39 is 11.7 Å². The second-order valence-corrected chi connectivity index (χ2v) is 8.77. The first-order valence-corrected chi connectivity index (χ1v) is 10.8. The van der Waals surface area contributed by atoms with Crippen LogP contribution in [0.15, 0.2) is 49.1 Å². The molecule has 4 nitrogen and oxygen atoms in total. The van der Waals surface area contributed by atoms with Gasteiger partial charge in [-0.05, 0) is 79.5 Å². The largest absolute Gasteiger partial charge is 0.416 e. The summed E-state index contributed by atoms with van der Waals surface area (Å²) < 4.78 is 39.0. The van der Waals surface area contributed by atoms with Gasteiger partial charge in [-0.2, -0.15) is 13.2 Å². The molecule has 2 aliphatic heterocycles. The van der Waals surface area contributed by atoms with Crippen molar-refractivity contribution in [1.82, 2.24) is 9.80 Å². The molecule has 1 atom stereocenters. The highest BCUT2D eigenvalue weighted by atomic mass is 19.4. The minimum Gasteiger partial charge on any atom is -0.370 e. The molecular weight excluding hydrogens is 415 g/mol. The minimum absolute atomic E-state index is 0.106. The third-order valence-electron chi connectivity index (χ3n) is 6.58. The number of hydrogen-bond donors (Lipinski definition) is 0. The number of hydrogen-bond acceptors (Lipinski definition) is 3. The molecule has 1 saturated heterocycles. The monoisotopic (exact) mass is 443 g/mol. The second-order valence-electron chi connectivity index (χ2n) is 8.77. The van der Waals surface area contributed by atoms with Gasteiger partial charge in [-0.25, -0.2) is 0 Å². The molecular formula is C25H28F3N3O. The van der Waals surface area contributed by atoms with E-state index >= 15 is 0 Å². The van der Waals surface area contributed by atoms with Crippen molar-refractivity contribution in [3.8, 4) is 11.1 Å². The van der Waals surface area contributed by atoms with Crippen LogP contribution >= 0.6 is 0 Å². The van der Waals surface area contributed by atoms with E-state index in [4.69, 9.17) is 0 Å². The third-order valence-corrected chi connectivity index (χ3v) is 6.58. The molecule has 2 aromatic carbocycles. The molecule has 1 amide bonds. The lowest BCUT2D eigenvalue weighted by Crippen LogP contribution is -2.36. The van der Waals surface area contributed by atoms with Gasteiger partial charge < -0.3 is 14.7 Å². The summed E-state index contributed by atoms with van der Waals surface area (Å²) in [6, 6.07) is 9.88. The fourth-order valence-electron chi connectivity index (χ4n) is 4.68. The number of nitrogens with zero attached hydrogens (tertiary/aromatic N) is 3. The highest BCUT2D eigenvalue weighted by molar-refractivity contribution is 5.87. The quantitative estimate of drug-likeness (QED) is 0.647. The summed E-state index contributed by atoms with van der Waals surface area (Å²) in [6.07, 6.45) is -1.22. The lowest BCUT2D eigenvalue weighted by atomic mass is 9.92. The Morgan fingerprint density at radius 3 is 2.44 bits per heavy atom. The van der Waals surface area contributed by atoms with Gasteiger partial charge in [-0.3, -0.25) is 4.79 Å². The molecule has 0 saturated carbocycles. The summed E-state index contributed by atoms with van der Waals surface area (Å²) in [4.78, 5) is 18.6. The lowest BCUT2D eigenvalue weighted by molar-refractivity contribution is -0.137. The van der Waals surface area contributed by atoms with E-state index in [-0.39, 0.29) is 5.91 Å². The Morgan fingerprint density at radius 2 is 1.84 bits per heavy atom. The van der Waals surface area contributed by atoms with Crippen LogP contribution in [0.4, 0.5) is 18.9 Å². The topological polar surface area (TPSA) is 26.8 Å². The molecule has 2 aromatic rings. The number of halogens is 3. The van der Waals surface area contributed by atoms with Gasteiger partial charge in [0.2, 0.25) is 5.91 Å². The standard InChI is InChI=1S/C25H28F3N3O/c1-4-24(32)31-12-10-22-19(15-31)13-18(17-5-7-20(8-6-17)25(26,27)28)14-23(22)30-11-9-21(16-30)29(2)3/h4-8,13-14,21H,1,9-12,15-16H2,2-3H3. The fraction of sp³-hybridized carbons (Fsp3) is 0.400. The average Bonchev–Trinajstić information content (AvgIpc) is 3.27. The van der Waals surface area contributed by atoms with Gasteiger partial charge in [0.1, 0.15) is 0 Å². The number of likely N-dealkylation sites (N-methyl/N-ethyl adjacent to an activating group) is 1. The molecule has 0 aliphatic carbocycles. The number of carbonyl (C=O) groups excluding carboxylic acids is 1.